The van der Waals surface area contributed by atoms with Crippen molar-refractivity contribution in [2.24, 2.45) is 0 Å². The third-order valence-corrected chi connectivity index (χ3v) is 3.30. The monoisotopic (exact) mass is 200 g/mol. The molecule has 0 unspecified atom stereocenters. The number of aromatic nitrogens is 1. The SMILES string of the molecule is c1ccc2c(NC3CCCC3)c[nH]c2c1. The Morgan fingerprint density at radius 3 is 2.80 bits per heavy atom. The van der Waals surface area contributed by atoms with Crippen molar-refractivity contribution in [1.82, 2.24) is 4.98 Å². The molecule has 1 aliphatic carbocycles. The number of benzene rings is 1. The average Bonchev–Trinajstić information content (AvgIpc) is 2.89. The Morgan fingerprint density at radius 1 is 1.13 bits per heavy atom. The predicted molar refractivity (Wildman–Crippen MR) is 64.2 cm³/mol. The molecule has 2 N–H and O–H groups in total. The summed E-state index contributed by atoms with van der Waals surface area (Å²) in [6.07, 6.45) is 7.47. The van der Waals surface area contributed by atoms with Crippen molar-refractivity contribution >= 4 is 16.6 Å². The van der Waals surface area contributed by atoms with E-state index >= 15 is 0 Å². The zero-order valence-electron chi connectivity index (χ0n) is 8.79. The summed E-state index contributed by atoms with van der Waals surface area (Å²) in [5, 5.41) is 4.94. The highest BCUT2D eigenvalue weighted by Crippen LogP contribution is 2.27. The van der Waals surface area contributed by atoms with E-state index in [1.165, 1.54) is 42.3 Å². The van der Waals surface area contributed by atoms with Gasteiger partial charge in [0.05, 0.1) is 5.69 Å². The van der Waals surface area contributed by atoms with Gasteiger partial charge in [-0.3, -0.25) is 0 Å². The third-order valence-electron chi connectivity index (χ3n) is 3.30. The highest BCUT2D eigenvalue weighted by molar-refractivity contribution is 5.92. The van der Waals surface area contributed by atoms with Gasteiger partial charge in [-0.05, 0) is 18.9 Å². The zero-order chi connectivity index (χ0) is 10.1. The molecule has 15 heavy (non-hydrogen) atoms. The Bertz CT molecular complexity index is 452. The van der Waals surface area contributed by atoms with E-state index in [9.17, 15) is 0 Å². The lowest BCUT2D eigenvalue weighted by Crippen LogP contribution is -2.13. The number of para-hydroxylation sites is 1. The first-order valence-corrected chi connectivity index (χ1v) is 5.76. The molecule has 1 aliphatic rings. The van der Waals surface area contributed by atoms with E-state index < -0.39 is 0 Å². The van der Waals surface area contributed by atoms with Gasteiger partial charge in [0, 0.05) is 23.1 Å². The highest BCUT2D eigenvalue weighted by Gasteiger charge is 2.15. The molecule has 3 rings (SSSR count). The van der Waals surface area contributed by atoms with Gasteiger partial charge in [0.1, 0.15) is 0 Å². The van der Waals surface area contributed by atoms with E-state index in [0.717, 1.165) is 0 Å². The van der Waals surface area contributed by atoms with Crippen LogP contribution in [0.3, 0.4) is 0 Å². The van der Waals surface area contributed by atoms with Crippen molar-refractivity contribution < 1.29 is 0 Å². The fraction of sp³-hybridized carbons (Fsp3) is 0.385. The predicted octanol–water partition coefficient (Wildman–Crippen LogP) is 3.52. The maximum absolute atomic E-state index is 3.63. The van der Waals surface area contributed by atoms with Gasteiger partial charge in [0.25, 0.3) is 0 Å². The summed E-state index contributed by atoms with van der Waals surface area (Å²) in [7, 11) is 0. The van der Waals surface area contributed by atoms with E-state index in [2.05, 4.69) is 40.8 Å². The van der Waals surface area contributed by atoms with Gasteiger partial charge in [-0.1, -0.05) is 31.0 Å². The molecule has 78 valence electrons. The van der Waals surface area contributed by atoms with Crippen LogP contribution < -0.4 is 5.32 Å². The van der Waals surface area contributed by atoms with Gasteiger partial charge >= 0.3 is 0 Å². The summed E-state index contributed by atoms with van der Waals surface area (Å²) in [5.74, 6) is 0. The molecule has 0 amide bonds. The van der Waals surface area contributed by atoms with E-state index in [1.807, 2.05) is 0 Å². The summed E-state index contributed by atoms with van der Waals surface area (Å²) >= 11 is 0. The summed E-state index contributed by atoms with van der Waals surface area (Å²) in [5.41, 5.74) is 2.48. The quantitative estimate of drug-likeness (QED) is 0.762. The highest BCUT2D eigenvalue weighted by atomic mass is 14.9. The molecule has 1 fully saturated rings. The molecule has 2 heteroatoms. The minimum absolute atomic E-state index is 0.684. The Balaban J connectivity index is 1.90. The van der Waals surface area contributed by atoms with Crippen molar-refractivity contribution in [3.8, 4) is 0 Å². The Kier molecular flexibility index (Phi) is 2.13. The second kappa shape index (κ2) is 3.61. The molecule has 1 heterocycles. The Labute approximate surface area is 89.7 Å². The number of hydrogen-bond acceptors (Lipinski definition) is 1. The van der Waals surface area contributed by atoms with Crippen LogP contribution in [0.25, 0.3) is 10.9 Å². The number of rotatable bonds is 2. The molecule has 2 nitrogen and oxygen atoms in total. The summed E-state index contributed by atoms with van der Waals surface area (Å²) in [4.78, 5) is 3.30. The lowest BCUT2D eigenvalue weighted by Gasteiger charge is -2.11. The first-order chi connectivity index (χ1) is 7.43. The van der Waals surface area contributed by atoms with Crippen LogP contribution in [-0.4, -0.2) is 11.0 Å². The van der Waals surface area contributed by atoms with Crippen LogP contribution in [0.1, 0.15) is 25.7 Å². The van der Waals surface area contributed by atoms with Crippen LogP contribution in [-0.2, 0) is 0 Å². The molecule has 0 saturated heterocycles. The minimum Gasteiger partial charge on any atom is -0.381 e. The maximum Gasteiger partial charge on any atom is 0.0600 e. The molecular weight excluding hydrogens is 184 g/mol. The first kappa shape index (κ1) is 8.84. The lowest BCUT2D eigenvalue weighted by molar-refractivity contribution is 0.756. The van der Waals surface area contributed by atoms with Crippen LogP contribution in [0, 0.1) is 0 Å². The maximum atomic E-state index is 3.63. The molecular formula is C13H16N2. The molecule has 1 saturated carbocycles. The number of H-pyrrole nitrogens is 1. The fourth-order valence-electron chi connectivity index (χ4n) is 2.48. The second-order valence-corrected chi connectivity index (χ2v) is 4.37. The number of nitrogens with one attached hydrogen (secondary N) is 2. The van der Waals surface area contributed by atoms with Gasteiger partial charge in [0.2, 0.25) is 0 Å². The smallest absolute Gasteiger partial charge is 0.0600 e. The average molecular weight is 200 g/mol. The van der Waals surface area contributed by atoms with Crippen LogP contribution in [0.2, 0.25) is 0 Å². The van der Waals surface area contributed by atoms with E-state index in [4.69, 9.17) is 0 Å². The van der Waals surface area contributed by atoms with Crippen LogP contribution >= 0.6 is 0 Å². The van der Waals surface area contributed by atoms with Crippen molar-refractivity contribution in [2.45, 2.75) is 31.7 Å². The normalized spacial score (nSPS) is 17.3. The second-order valence-electron chi connectivity index (χ2n) is 4.37. The number of aromatic amines is 1. The number of fused-ring (bicyclic) bond motifs is 1. The molecule has 0 spiro atoms. The van der Waals surface area contributed by atoms with E-state index in [0.29, 0.717) is 6.04 Å². The third kappa shape index (κ3) is 1.60. The zero-order valence-corrected chi connectivity index (χ0v) is 8.79. The minimum atomic E-state index is 0.684. The van der Waals surface area contributed by atoms with Gasteiger partial charge in [-0.25, -0.2) is 0 Å². The van der Waals surface area contributed by atoms with Crippen molar-refractivity contribution in [1.29, 1.82) is 0 Å². The van der Waals surface area contributed by atoms with Gasteiger partial charge in [-0.2, -0.15) is 0 Å². The first-order valence-electron chi connectivity index (χ1n) is 5.76. The van der Waals surface area contributed by atoms with Crippen LogP contribution in [0.5, 0.6) is 0 Å². The topological polar surface area (TPSA) is 27.8 Å². The van der Waals surface area contributed by atoms with Gasteiger partial charge in [0.15, 0.2) is 0 Å². The summed E-state index contributed by atoms with van der Waals surface area (Å²) < 4.78 is 0. The molecule has 1 aromatic heterocycles. The molecule has 0 bridgehead atoms. The lowest BCUT2D eigenvalue weighted by atomic mass is 10.2. The number of anilines is 1. The Morgan fingerprint density at radius 2 is 1.93 bits per heavy atom. The van der Waals surface area contributed by atoms with Crippen LogP contribution in [0.15, 0.2) is 30.5 Å². The standard InChI is InChI=1S/C13H16N2/c1-2-6-10(5-1)15-13-9-14-12-8-4-3-7-11(12)13/h3-4,7-10,14-15H,1-2,5-6H2. The molecule has 0 aliphatic heterocycles. The van der Waals surface area contributed by atoms with E-state index in [1.54, 1.807) is 0 Å². The molecule has 2 aromatic rings. The van der Waals surface area contributed by atoms with Crippen molar-refractivity contribution in [3.63, 3.8) is 0 Å². The number of hydrogen-bond donors (Lipinski definition) is 2. The molecule has 1 aromatic carbocycles. The Hall–Kier alpha value is -1.44. The summed E-state index contributed by atoms with van der Waals surface area (Å²) in [6.45, 7) is 0. The van der Waals surface area contributed by atoms with Crippen LogP contribution in [0.4, 0.5) is 5.69 Å². The fourth-order valence-corrected chi connectivity index (χ4v) is 2.48. The van der Waals surface area contributed by atoms with Crippen molar-refractivity contribution in [3.05, 3.63) is 30.5 Å². The molecule has 0 radical (unpaired) electrons. The molecule has 0 atom stereocenters. The van der Waals surface area contributed by atoms with Crippen molar-refractivity contribution in [2.75, 3.05) is 5.32 Å². The van der Waals surface area contributed by atoms with E-state index in [-0.39, 0.29) is 0 Å². The van der Waals surface area contributed by atoms with Gasteiger partial charge < -0.3 is 10.3 Å². The van der Waals surface area contributed by atoms with Gasteiger partial charge in [-0.15, -0.1) is 0 Å². The largest absolute Gasteiger partial charge is 0.381 e. The summed E-state index contributed by atoms with van der Waals surface area (Å²) in [6, 6.07) is 9.14.